The average Bonchev–Trinajstić information content (AvgIpc) is 2.87. The van der Waals surface area contributed by atoms with Crippen molar-refractivity contribution in [2.45, 2.75) is 27.3 Å². The highest BCUT2D eigenvalue weighted by molar-refractivity contribution is 6.02. The van der Waals surface area contributed by atoms with Crippen LogP contribution in [0.25, 0.3) is 11.1 Å². The lowest BCUT2D eigenvalue weighted by Gasteiger charge is -2.13. The first kappa shape index (κ1) is 17.8. The molecular weight excluding hydrogens is 324 g/mol. The number of ether oxygens (including phenoxy) is 1. The highest BCUT2D eigenvalue weighted by atomic mass is 16.5. The average molecular weight is 348 g/mol. The zero-order valence-electron chi connectivity index (χ0n) is 15.7. The molecule has 3 rings (SSSR count). The predicted molar refractivity (Wildman–Crippen MR) is 105 cm³/mol. The number of carbonyl (C=O) groups excluding carboxylic acids is 1. The minimum Gasteiger partial charge on any atom is -0.496 e. The van der Waals surface area contributed by atoms with Gasteiger partial charge in [0, 0.05) is 22.5 Å². The Hall–Kier alpha value is -3.01. The molecule has 1 heterocycles. The van der Waals surface area contributed by atoms with Gasteiger partial charge in [0.1, 0.15) is 5.75 Å². The lowest BCUT2D eigenvalue weighted by Crippen LogP contribution is -2.13. The van der Waals surface area contributed by atoms with Gasteiger partial charge in [-0.25, -0.2) is 0 Å². The van der Waals surface area contributed by atoms with Crippen LogP contribution in [0.5, 0.6) is 5.75 Å². The summed E-state index contributed by atoms with van der Waals surface area (Å²) >= 11 is 0. The maximum absolute atomic E-state index is 12.2. The number of carbonyl (C=O) groups is 1. The number of aryl methyl sites for hydroxylation is 1. The van der Waals surface area contributed by atoms with Gasteiger partial charge >= 0.3 is 0 Å². The Balaban J connectivity index is 2.17. The van der Waals surface area contributed by atoms with E-state index >= 15 is 0 Å². The number of amides is 1. The SMILES string of the molecule is COc1ccccc1Cn1c(C)c(C(N)=O)c(-c2ccc(C)cc2)c1C. The number of methoxy groups -OCH3 is 1. The van der Waals surface area contributed by atoms with Crippen molar-refractivity contribution in [2.24, 2.45) is 5.73 Å². The monoisotopic (exact) mass is 348 g/mol. The Morgan fingerprint density at radius 2 is 1.65 bits per heavy atom. The standard InChI is InChI=1S/C22H24N2O2/c1-14-9-11-17(12-10-14)20-15(2)24(16(3)21(20)22(23)25)13-18-7-5-6-8-19(18)26-4/h5-12H,13H2,1-4H3,(H2,23,25). The third-order valence-corrected chi connectivity index (χ3v) is 4.89. The molecule has 26 heavy (non-hydrogen) atoms. The fraction of sp³-hybridized carbons (Fsp3) is 0.227. The van der Waals surface area contributed by atoms with E-state index in [4.69, 9.17) is 10.5 Å². The van der Waals surface area contributed by atoms with Crippen LogP contribution in [-0.2, 0) is 6.54 Å². The Bertz CT molecular complexity index is 953. The first-order valence-electron chi connectivity index (χ1n) is 8.62. The molecule has 2 N–H and O–H groups in total. The maximum Gasteiger partial charge on any atom is 0.251 e. The van der Waals surface area contributed by atoms with Crippen LogP contribution in [-0.4, -0.2) is 17.6 Å². The van der Waals surface area contributed by atoms with Gasteiger partial charge in [0.05, 0.1) is 19.2 Å². The Morgan fingerprint density at radius 1 is 1.00 bits per heavy atom. The van der Waals surface area contributed by atoms with Crippen molar-refractivity contribution in [3.05, 3.63) is 76.6 Å². The molecule has 0 radical (unpaired) electrons. The number of para-hydroxylation sites is 1. The number of nitrogens with zero attached hydrogens (tertiary/aromatic N) is 1. The third kappa shape index (κ3) is 3.10. The van der Waals surface area contributed by atoms with Crippen molar-refractivity contribution in [1.82, 2.24) is 4.57 Å². The van der Waals surface area contributed by atoms with Crippen molar-refractivity contribution in [3.8, 4) is 16.9 Å². The van der Waals surface area contributed by atoms with Crippen LogP contribution in [0, 0.1) is 20.8 Å². The molecule has 1 aromatic heterocycles. The van der Waals surface area contributed by atoms with Crippen LogP contribution >= 0.6 is 0 Å². The topological polar surface area (TPSA) is 57.2 Å². The number of benzene rings is 2. The van der Waals surface area contributed by atoms with Crippen LogP contribution < -0.4 is 10.5 Å². The molecule has 0 saturated heterocycles. The molecule has 1 amide bonds. The Morgan fingerprint density at radius 3 is 2.27 bits per heavy atom. The summed E-state index contributed by atoms with van der Waals surface area (Å²) in [5.41, 5.74) is 12.4. The molecule has 0 atom stereocenters. The molecule has 0 aliphatic carbocycles. The molecule has 0 spiro atoms. The lowest BCUT2D eigenvalue weighted by molar-refractivity contribution is 0.1000. The highest BCUT2D eigenvalue weighted by Crippen LogP contribution is 2.33. The summed E-state index contributed by atoms with van der Waals surface area (Å²) in [6.45, 7) is 6.64. The van der Waals surface area contributed by atoms with Crippen molar-refractivity contribution < 1.29 is 9.53 Å². The molecule has 0 bridgehead atoms. The van der Waals surface area contributed by atoms with Crippen molar-refractivity contribution in [2.75, 3.05) is 7.11 Å². The van der Waals surface area contributed by atoms with E-state index in [1.54, 1.807) is 7.11 Å². The van der Waals surface area contributed by atoms with Gasteiger partial charge in [-0.3, -0.25) is 4.79 Å². The van der Waals surface area contributed by atoms with Gasteiger partial charge in [-0.2, -0.15) is 0 Å². The van der Waals surface area contributed by atoms with Gasteiger partial charge < -0.3 is 15.0 Å². The Labute approximate surface area is 154 Å². The summed E-state index contributed by atoms with van der Waals surface area (Å²) in [6.07, 6.45) is 0. The molecule has 0 unspecified atom stereocenters. The number of hydrogen-bond donors (Lipinski definition) is 1. The van der Waals surface area contributed by atoms with E-state index in [0.29, 0.717) is 12.1 Å². The minimum absolute atomic E-state index is 0.403. The summed E-state index contributed by atoms with van der Waals surface area (Å²) in [4.78, 5) is 12.2. The van der Waals surface area contributed by atoms with Gasteiger partial charge in [-0.15, -0.1) is 0 Å². The molecule has 0 saturated carbocycles. The molecule has 3 aromatic rings. The van der Waals surface area contributed by atoms with Gasteiger partial charge in [0.25, 0.3) is 5.91 Å². The van der Waals surface area contributed by atoms with Crippen LogP contribution in [0.2, 0.25) is 0 Å². The summed E-state index contributed by atoms with van der Waals surface area (Å²) in [5, 5.41) is 0. The number of hydrogen-bond acceptors (Lipinski definition) is 2. The fourth-order valence-corrected chi connectivity index (χ4v) is 3.50. The van der Waals surface area contributed by atoms with E-state index in [-0.39, 0.29) is 0 Å². The molecule has 4 heteroatoms. The minimum atomic E-state index is -0.403. The van der Waals surface area contributed by atoms with Crippen molar-refractivity contribution in [1.29, 1.82) is 0 Å². The summed E-state index contributed by atoms with van der Waals surface area (Å²) in [6, 6.07) is 16.1. The zero-order chi connectivity index (χ0) is 18.8. The second kappa shape index (κ2) is 7.08. The van der Waals surface area contributed by atoms with E-state index in [0.717, 1.165) is 33.8 Å². The molecule has 0 aliphatic rings. The van der Waals surface area contributed by atoms with E-state index in [2.05, 4.69) is 4.57 Å². The fourth-order valence-electron chi connectivity index (χ4n) is 3.50. The quantitative estimate of drug-likeness (QED) is 0.750. The maximum atomic E-state index is 12.2. The number of rotatable bonds is 5. The van der Waals surface area contributed by atoms with Crippen molar-refractivity contribution in [3.63, 3.8) is 0 Å². The van der Waals surface area contributed by atoms with Gasteiger partial charge in [0.2, 0.25) is 0 Å². The number of nitrogens with two attached hydrogens (primary N) is 1. The predicted octanol–water partition coefficient (Wildman–Crippen LogP) is 4.24. The summed E-state index contributed by atoms with van der Waals surface area (Å²) in [7, 11) is 1.67. The van der Waals surface area contributed by atoms with Crippen LogP contribution in [0.1, 0.15) is 32.9 Å². The van der Waals surface area contributed by atoms with Crippen LogP contribution in [0.4, 0.5) is 0 Å². The molecule has 4 nitrogen and oxygen atoms in total. The molecule has 0 fully saturated rings. The second-order valence-corrected chi connectivity index (χ2v) is 6.55. The van der Waals surface area contributed by atoms with Gasteiger partial charge in [-0.1, -0.05) is 48.0 Å². The lowest BCUT2D eigenvalue weighted by atomic mass is 9.99. The van der Waals surface area contributed by atoms with Crippen molar-refractivity contribution >= 4 is 5.91 Å². The first-order chi connectivity index (χ1) is 12.4. The second-order valence-electron chi connectivity index (χ2n) is 6.55. The molecule has 134 valence electrons. The zero-order valence-corrected chi connectivity index (χ0v) is 15.7. The molecule has 0 aliphatic heterocycles. The smallest absolute Gasteiger partial charge is 0.251 e. The van der Waals surface area contributed by atoms with E-state index in [1.165, 1.54) is 5.56 Å². The van der Waals surface area contributed by atoms with Gasteiger partial charge in [0.15, 0.2) is 0 Å². The van der Waals surface area contributed by atoms with Crippen LogP contribution in [0.15, 0.2) is 48.5 Å². The number of primary amides is 1. The largest absolute Gasteiger partial charge is 0.496 e. The highest BCUT2D eigenvalue weighted by Gasteiger charge is 2.23. The van der Waals surface area contributed by atoms with Gasteiger partial charge in [-0.05, 0) is 32.4 Å². The van der Waals surface area contributed by atoms with E-state index in [1.807, 2.05) is 69.3 Å². The third-order valence-electron chi connectivity index (χ3n) is 4.89. The number of aromatic nitrogens is 1. The van der Waals surface area contributed by atoms with E-state index < -0.39 is 5.91 Å². The summed E-state index contributed by atoms with van der Waals surface area (Å²) < 4.78 is 7.61. The molecular formula is C22H24N2O2. The van der Waals surface area contributed by atoms with E-state index in [9.17, 15) is 4.79 Å². The molecule has 2 aromatic carbocycles. The Kier molecular flexibility index (Phi) is 4.85. The summed E-state index contributed by atoms with van der Waals surface area (Å²) in [5.74, 6) is 0.428. The first-order valence-corrected chi connectivity index (χ1v) is 8.62. The normalized spacial score (nSPS) is 10.8. The van der Waals surface area contributed by atoms with Crippen LogP contribution in [0.3, 0.4) is 0 Å².